The predicted molar refractivity (Wildman–Crippen MR) is 106 cm³/mol. The molecular weight excluding hydrogens is 313 g/mol. The standard InChI is InChI=1S/C23H31NO.Li/c1-15(2)18-11-9-12-19(16(3)4)21(18)24-14-17-10-8-13-20(22(17)25)23(5,6)7;/h8-16,25H,1-7H3;/q;+1/p-1. The van der Waals surface area contributed by atoms with Crippen LogP contribution in [0.5, 0.6) is 5.75 Å². The zero-order chi connectivity index (χ0) is 18.8. The Hall–Kier alpha value is -1.49. The van der Waals surface area contributed by atoms with Crippen molar-refractivity contribution in [2.24, 2.45) is 4.99 Å². The van der Waals surface area contributed by atoms with Crippen LogP contribution in [0.2, 0.25) is 0 Å². The monoisotopic (exact) mass is 343 g/mol. The molecule has 0 heterocycles. The molecule has 0 aliphatic heterocycles. The van der Waals surface area contributed by atoms with Gasteiger partial charge in [0.1, 0.15) is 0 Å². The maximum Gasteiger partial charge on any atom is 1.00 e. The van der Waals surface area contributed by atoms with Crippen LogP contribution >= 0.6 is 0 Å². The molecule has 2 rings (SSSR count). The van der Waals surface area contributed by atoms with Crippen LogP contribution in [0.3, 0.4) is 0 Å². The van der Waals surface area contributed by atoms with Gasteiger partial charge in [0, 0.05) is 6.21 Å². The molecule has 2 aromatic rings. The summed E-state index contributed by atoms with van der Waals surface area (Å²) in [6.07, 6.45) is 1.74. The summed E-state index contributed by atoms with van der Waals surface area (Å²) in [5.41, 5.74) is 4.77. The van der Waals surface area contributed by atoms with Gasteiger partial charge in [0.25, 0.3) is 0 Å². The third-order valence-corrected chi connectivity index (χ3v) is 4.53. The Morgan fingerprint density at radius 3 is 1.85 bits per heavy atom. The maximum atomic E-state index is 12.8. The molecule has 0 N–H and O–H groups in total. The minimum atomic E-state index is -0.167. The van der Waals surface area contributed by atoms with Gasteiger partial charge in [-0.2, -0.15) is 0 Å². The molecular formula is C23H30LiNO. The van der Waals surface area contributed by atoms with Crippen LogP contribution in [-0.2, 0) is 5.41 Å². The van der Waals surface area contributed by atoms with Crippen LogP contribution < -0.4 is 24.0 Å². The number of aliphatic imine (C=N–C) groups is 1. The van der Waals surface area contributed by atoms with E-state index in [9.17, 15) is 5.11 Å². The molecule has 0 aliphatic carbocycles. The Morgan fingerprint density at radius 2 is 1.38 bits per heavy atom. The number of hydrogen-bond acceptors (Lipinski definition) is 2. The fourth-order valence-corrected chi connectivity index (χ4v) is 3.04. The van der Waals surface area contributed by atoms with Crippen LogP contribution in [0.1, 0.15) is 82.6 Å². The predicted octanol–water partition coefficient (Wildman–Crippen LogP) is 3.06. The van der Waals surface area contributed by atoms with Gasteiger partial charge in [-0.25, -0.2) is 0 Å². The zero-order valence-electron chi connectivity index (χ0n) is 17.6. The van der Waals surface area contributed by atoms with Crippen molar-refractivity contribution >= 4 is 11.9 Å². The molecule has 134 valence electrons. The summed E-state index contributed by atoms with van der Waals surface area (Å²) in [5, 5.41) is 12.8. The van der Waals surface area contributed by atoms with Crippen LogP contribution in [0, 0.1) is 0 Å². The number of rotatable bonds is 4. The van der Waals surface area contributed by atoms with Gasteiger partial charge in [-0.3, -0.25) is 4.99 Å². The molecule has 2 aromatic carbocycles. The van der Waals surface area contributed by atoms with Crippen molar-refractivity contribution in [1.82, 2.24) is 0 Å². The number of hydrogen-bond donors (Lipinski definition) is 0. The third kappa shape index (κ3) is 5.03. The SMILES string of the molecule is CC(C)c1cccc(C(C)C)c1N=Cc1cccc(C(C)(C)C)c1[O-].[Li+]. The summed E-state index contributed by atoms with van der Waals surface area (Å²) >= 11 is 0. The van der Waals surface area contributed by atoms with Crippen molar-refractivity contribution in [1.29, 1.82) is 0 Å². The van der Waals surface area contributed by atoms with Gasteiger partial charge in [-0.15, -0.1) is 0 Å². The zero-order valence-corrected chi connectivity index (χ0v) is 17.6. The molecule has 26 heavy (non-hydrogen) atoms. The smallest absolute Gasteiger partial charge is 0.872 e. The second-order valence-electron chi connectivity index (χ2n) is 8.33. The largest absolute Gasteiger partial charge is 1.00 e. The summed E-state index contributed by atoms with van der Waals surface area (Å²) in [6.45, 7) is 14.9. The van der Waals surface area contributed by atoms with Gasteiger partial charge in [-0.05, 0) is 39.5 Å². The number of para-hydroxylation sites is 2. The van der Waals surface area contributed by atoms with Crippen LogP contribution in [0.4, 0.5) is 5.69 Å². The van der Waals surface area contributed by atoms with E-state index >= 15 is 0 Å². The van der Waals surface area contributed by atoms with Crippen molar-refractivity contribution in [3.8, 4) is 5.75 Å². The van der Waals surface area contributed by atoms with Gasteiger partial charge in [0.05, 0.1) is 5.69 Å². The Labute approximate surface area is 170 Å². The molecule has 0 atom stereocenters. The summed E-state index contributed by atoms with van der Waals surface area (Å²) < 4.78 is 0. The normalized spacial score (nSPS) is 12.0. The van der Waals surface area contributed by atoms with E-state index in [1.807, 2.05) is 18.2 Å². The first-order valence-electron chi connectivity index (χ1n) is 9.10. The Kier molecular flexibility index (Phi) is 7.75. The van der Waals surface area contributed by atoms with Crippen LogP contribution in [-0.4, -0.2) is 6.21 Å². The molecule has 0 saturated heterocycles. The molecule has 0 fully saturated rings. The topological polar surface area (TPSA) is 35.4 Å². The molecule has 0 aromatic heterocycles. The molecule has 0 spiro atoms. The Bertz CT molecular complexity index is 744. The molecule has 0 amide bonds. The van der Waals surface area contributed by atoms with Gasteiger partial charge < -0.3 is 5.11 Å². The van der Waals surface area contributed by atoms with E-state index in [0.29, 0.717) is 17.4 Å². The quantitative estimate of drug-likeness (QED) is 0.621. The molecule has 0 aliphatic rings. The minimum Gasteiger partial charge on any atom is -0.872 e. The van der Waals surface area contributed by atoms with Gasteiger partial charge in [-0.1, -0.05) is 90.6 Å². The molecule has 0 radical (unpaired) electrons. The number of benzene rings is 2. The number of nitrogens with zero attached hydrogens (tertiary/aromatic N) is 1. The van der Waals surface area contributed by atoms with E-state index in [1.165, 1.54) is 11.1 Å². The van der Waals surface area contributed by atoms with Gasteiger partial charge in [0.2, 0.25) is 0 Å². The van der Waals surface area contributed by atoms with E-state index in [4.69, 9.17) is 4.99 Å². The Balaban J connectivity index is 0.00000338. The van der Waals surface area contributed by atoms with E-state index in [0.717, 1.165) is 11.3 Å². The fraction of sp³-hybridized carbons (Fsp3) is 0.435. The van der Waals surface area contributed by atoms with E-state index in [2.05, 4.69) is 66.7 Å². The molecule has 3 heteroatoms. The van der Waals surface area contributed by atoms with E-state index in [-0.39, 0.29) is 30.0 Å². The first-order chi connectivity index (χ1) is 11.6. The van der Waals surface area contributed by atoms with E-state index < -0.39 is 0 Å². The summed E-state index contributed by atoms with van der Waals surface area (Å²) in [5.74, 6) is 0.851. The molecule has 0 bridgehead atoms. The van der Waals surface area contributed by atoms with Crippen molar-refractivity contribution < 1.29 is 24.0 Å². The average Bonchev–Trinajstić information content (AvgIpc) is 2.52. The van der Waals surface area contributed by atoms with Crippen LogP contribution in [0.15, 0.2) is 41.4 Å². The fourth-order valence-electron chi connectivity index (χ4n) is 3.04. The van der Waals surface area contributed by atoms with Gasteiger partial charge in [0.15, 0.2) is 0 Å². The summed E-state index contributed by atoms with van der Waals surface area (Å²) in [7, 11) is 0. The van der Waals surface area contributed by atoms with Crippen molar-refractivity contribution in [3.63, 3.8) is 0 Å². The third-order valence-electron chi connectivity index (χ3n) is 4.53. The maximum absolute atomic E-state index is 12.8. The van der Waals surface area contributed by atoms with Crippen molar-refractivity contribution in [2.45, 2.75) is 65.7 Å². The summed E-state index contributed by atoms with van der Waals surface area (Å²) in [4.78, 5) is 4.78. The van der Waals surface area contributed by atoms with Crippen molar-refractivity contribution in [2.75, 3.05) is 0 Å². The minimum absolute atomic E-state index is 0. The summed E-state index contributed by atoms with van der Waals surface area (Å²) in [6, 6.07) is 12.1. The second-order valence-corrected chi connectivity index (χ2v) is 8.33. The average molecular weight is 343 g/mol. The Morgan fingerprint density at radius 1 is 0.885 bits per heavy atom. The van der Waals surface area contributed by atoms with Crippen molar-refractivity contribution in [3.05, 3.63) is 58.7 Å². The first kappa shape index (κ1) is 22.5. The second kappa shape index (κ2) is 8.93. The molecule has 2 nitrogen and oxygen atoms in total. The van der Waals surface area contributed by atoms with Crippen LogP contribution in [0.25, 0.3) is 0 Å². The first-order valence-corrected chi connectivity index (χ1v) is 9.10. The van der Waals surface area contributed by atoms with Gasteiger partial charge >= 0.3 is 18.9 Å². The molecule has 0 saturated carbocycles. The van der Waals surface area contributed by atoms with E-state index in [1.54, 1.807) is 6.21 Å². The molecule has 0 unspecified atom stereocenters.